The summed E-state index contributed by atoms with van der Waals surface area (Å²) >= 11 is 0. The highest BCUT2D eigenvalue weighted by atomic mass is 14.9. The maximum absolute atomic E-state index is 3.51. The molecule has 0 unspecified atom stereocenters. The monoisotopic (exact) mass is 245 g/mol. The van der Waals surface area contributed by atoms with Gasteiger partial charge in [0.25, 0.3) is 0 Å². The van der Waals surface area contributed by atoms with Crippen LogP contribution in [0.25, 0.3) is 10.9 Å². The first-order valence-electron chi connectivity index (χ1n) is 6.88. The zero-order valence-corrected chi connectivity index (χ0v) is 11.1. The topological polar surface area (TPSA) is 39.8 Å². The van der Waals surface area contributed by atoms with E-state index in [0.717, 1.165) is 26.2 Å². The molecule has 2 rings (SSSR count). The zero-order chi connectivity index (χ0) is 12.6. The van der Waals surface area contributed by atoms with E-state index in [4.69, 9.17) is 0 Å². The molecule has 1 heterocycles. The molecule has 3 N–H and O–H groups in total. The lowest BCUT2D eigenvalue weighted by Gasteiger charge is -2.07. The molecule has 0 bridgehead atoms. The van der Waals surface area contributed by atoms with Gasteiger partial charge in [-0.05, 0) is 50.2 Å². The molecule has 2 aromatic rings. The normalized spacial score (nSPS) is 11.2. The third-order valence-electron chi connectivity index (χ3n) is 3.13. The summed E-state index contributed by atoms with van der Waals surface area (Å²) in [5.74, 6) is 0. The Morgan fingerprint density at radius 2 is 1.94 bits per heavy atom. The molecule has 0 aliphatic rings. The summed E-state index contributed by atoms with van der Waals surface area (Å²) in [5.41, 5.74) is 2.59. The van der Waals surface area contributed by atoms with Crippen LogP contribution in [0.5, 0.6) is 0 Å². The van der Waals surface area contributed by atoms with Gasteiger partial charge in [0.2, 0.25) is 0 Å². The van der Waals surface area contributed by atoms with Crippen molar-refractivity contribution >= 4 is 10.9 Å². The number of benzene rings is 1. The second-order valence-corrected chi connectivity index (χ2v) is 4.64. The highest BCUT2D eigenvalue weighted by molar-refractivity contribution is 5.82. The summed E-state index contributed by atoms with van der Waals surface area (Å²) in [6, 6.07) is 8.57. The highest BCUT2D eigenvalue weighted by Crippen LogP contribution is 2.16. The summed E-state index contributed by atoms with van der Waals surface area (Å²) in [6.45, 7) is 6.45. The van der Waals surface area contributed by atoms with Crippen LogP contribution in [-0.4, -0.2) is 24.6 Å². The fourth-order valence-electron chi connectivity index (χ4n) is 2.17. The Labute approximate surface area is 109 Å². The van der Waals surface area contributed by atoms with Gasteiger partial charge in [-0.25, -0.2) is 0 Å². The highest BCUT2D eigenvalue weighted by Gasteiger charge is 2.00. The molecule has 0 aliphatic carbocycles. The van der Waals surface area contributed by atoms with Crippen molar-refractivity contribution in [1.82, 2.24) is 15.6 Å². The smallest absolute Gasteiger partial charge is 0.0457 e. The van der Waals surface area contributed by atoms with Crippen LogP contribution in [0.3, 0.4) is 0 Å². The van der Waals surface area contributed by atoms with E-state index < -0.39 is 0 Å². The van der Waals surface area contributed by atoms with E-state index in [1.165, 1.54) is 29.3 Å². The van der Waals surface area contributed by atoms with Crippen molar-refractivity contribution in [3.63, 3.8) is 0 Å². The molecule has 0 radical (unpaired) electrons. The number of fused-ring (bicyclic) bond motifs is 1. The second kappa shape index (κ2) is 7.19. The maximum atomic E-state index is 3.51. The molecular weight excluding hydrogens is 222 g/mol. The van der Waals surface area contributed by atoms with Gasteiger partial charge in [0.1, 0.15) is 0 Å². The molecule has 0 spiro atoms. The molecule has 1 aromatic carbocycles. The van der Waals surface area contributed by atoms with Crippen molar-refractivity contribution in [2.75, 3.05) is 19.6 Å². The van der Waals surface area contributed by atoms with Crippen LogP contribution in [0, 0.1) is 0 Å². The molecule has 18 heavy (non-hydrogen) atoms. The van der Waals surface area contributed by atoms with Crippen LogP contribution in [0.2, 0.25) is 0 Å². The molecule has 0 aliphatic heterocycles. The van der Waals surface area contributed by atoms with E-state index in [2.05, 4.69) is 46.8 Å². The Morgan fingerprint density at radius 3 is 2.83 bits per heavy atom. The van der Waals surface area contributed by atoms with Crippen molar-refractivity contribution in [3.8, 4) is 0 Å². The third-order valence-corrected chi connectivity index (χ3v) is 3.13. The Kier molecular flexibility index (Phi) is 5.24. The third kappa shape index (κ3) is 3.59. The lowest BCUT2D eigenvalue weighted by molar-refractivity contribution is 0.593. The van der Waals surface area contributed by atoms with Crippen LogP contribution in [0.15, 0.2) is 30.5 Å². The molecular formula is C15H23N3. The van der Waals surface area contributed by atoms with Crippen LogP contribution in [0.1, 0.15) is 25.3 Å². The van der Waals surface area contributed by atoms with Crippen molar-refractivity contribution in [1.29, 1.82) is 0 Å². The number of rotatable bonds is 8. The van der Waals surface area contributed by atoms with Gasteiger partial charge in [0.15, 0.2) is 0 Å². The minimum Gasteiger partial charge on any atom is -0.361 e. The van der Waals surface area contributed by atoms with Crippen LogP contribution < -0.4 is 10.6 Å². The van der Waals surface area contributed by atoms with Gasteiger partial charge in [-0.1, -0.05) is 19.1 Å². The average molecular weight is 245 g/mol. The van der Waals surface area contributed by atoms with Crippen molar-refractivity contribution in [2.24, 2.45) is 0 Å². The number of hydrogen-bond donors (Lipinski definition) is 3. The SMILES string of the molecule is CCCNCCCNCc1cccc2[nH]ccc12. The molecule has 0 saturated heterocycles. The van der Waals surface area contributed by atoms with Gasteiger partial charge in [-0.2, -0.15) is 0 Å². The van der Waals surface area contributed by atoms with Crippen LogP contribution >= 0.6 is 0 Å². The van der Waals surface area contributed by atoms with E-state index in [9.17, 15) is 0 Å². The lowest BCUT2D eigenvalue weighted by Crippen LogP contribution is -2.22. The summed E-state index contributed by atoms with van der Waals surface area (Å²) in [4.78, 5) is 3.25. The molecule has 1 aromatic heterocycles. The molecule has 3 heteroatoms. The number of hydrogen-bond acceptors (Lipinski definition) is 2. The predicted octanol–water partition coefficient (Wildman–Crippen LogP) is 2.65. The zero-order valence-electron chi connectivity index (χ0n) is 11.1. The maximum Gasteiger partial charge on any atom is 0.0457 e. The Bertz CT molecular complexity index is 461. The molecule has 0 atom stereocenters. The van der Waals surface area contributed by atoms with Gasteiger partial charge >= 0.3 is 0 Å². The quantitative estimate of drug-likeness (QED) is 0.626. The van der Waals surface area contributed by atoms with Gasteiger partial charge < -0.3 is 15.6 Å². The van der Waals surface area contributed by atoms with Crippen molar-refractivity contribution in [3.05, 3.63) is 36.0 Å². The summed E-state index contributed by atoms with van der Waals surface area (Å²) < 4.78 is 0. The van der Waals surface area contributed by atoms with Crippen molar-refractivity contribution in [2.45, 2.75) is 26.3 Å². The summed E-state index contributed by atoms with van der Waals surface area (Å²) in [5, 5.41) is 8.25. The van der Waals surface area contributed by atoms with Crippen LogP contribution in [0.4, 0.5) is 0 Å². The second-order valence-electron chi connectivity index (χ2n) is 4.64. The molecule has 0 fully saturated rings. The average Bonchev–Trinajstić information content (AvgIpc) is 2.86. The fourth-order valence-corrected chi connectivity index (χ4v) is 2.17. The largest absolute Gasteiger partial charge is 0.361 e. The molecule has 3 nitrogen and oxygen atoms in total. The fraction of sp³-hybridized carbons (Fsp3) is 0.467. The van der Waals surface area contributed by atoms with E-state index in [1.807, 2.05) is 6.20 Å². The van der Waals surface area contributed by atoms with Gasteiger partial charge in [0, 0.05) is 23.6 Å². The Hall–Kier alpha value is -1.32. The van der Waals surface area contributed by atoms with Gasteiger partial charge in [-0.15, -0.1) is 0 Å². The van der Waals surface area contributed by atoms with Gasteiger partial charge in [-0.3, -0.25) is 0 Å². The predicted molar refractivity (Wildman–Crippen MR) is 77.8 cm³/mol. The molecule has 0 amide bonds. The Balaban J connectivity index is 1.72. The summed E-state index contributed by atoms with van der Waals surface area (Å²) in [6.07, 6.45) is 4.40. The van der Waals surface area contributed by atoms with Gasteiger partial charge in [0.05, 0.1) is 0 Å². The number of H-pyrrole nitrogens is 1. The first-order valence-corrected chi connectivity index (χ1v) is 6.88. The number of aromatic nitrogens is 1. The van der Waals surface area contributed by atoms with E-state index >= 15 is 0 Å². The standard InChI is InChI=1S/C15H23N3/c1-2-8-16-9-4-10-17-12-13-5-3-6-15-14(13)7-11-18-15/h3,5-7,11,16-18H,2,4,8-10,12H2,1H3. The minimum atomic E-state index is 0.947. The van der Waals surface area contributed by atoms with E-state index in [0.29, 0.717) is 0 Å². The first-order chi connectivity index (χ1) is 8.92. The first kappa shape index (κ1) is 13.1. The summed E-state index contributed by atoms with van der Waals surface area (Å²) in [7, 11) is 0. The van der Waals surface area contributed by atoms with E-state index in [1.54, 1.807) is 0 Å². The Morgan fingerprint density at radius 1 is 1.06 bits per heavy atom. The molecule has 0 saturated carbocycles. The molecule has 98 valence electrons. The number of aromatic amines is 1. The van der Waals surface area contributed by atoms with Crippen LogP contribution in [-0.2, 0) is 6.54 Å². The minimum absolute atomic E-state index is 0.947. The van der Waals surface area contributed by atoms with E-state index in [-0.39, 0.29) is 0 Å². The van der Waals surface area contributed by atoms with Crippen molar-refractivity contribution < 1.29 is 0 Å². The lowest BCUT2D eigenvalue weighted by atomic mass is 10.1. The number of nitrogens with one attached hydrogen (secondary N) is 3.